The molecule has 1 aromatic carbocycles. The fraction of sp³-hybridized carbons (Fsp3) is 0.500. The van der Waals surface area contributed by atoms with Crippen LogP contribution in [0.15, 0.2) is 18.2 Å². The van der Waals surface area contributed by atoms with Crippen molar-refractivity contribution in [3.8, 4) is 5.75 Å². The van der Waals surface area contributed by atoms with Gasteiger partial charge in [-0.2, -0.15) is 0 Å². The van der Waals surface area contributed by atoms with E-state index in [-0.39, 0.29) is 18.6 Å². The normalized spacial score (nSPS) is 15.1. The third-order valence-electron chi connectivity index (χ3n) is 3.76. The molecule has 1 aliphatic rings. The van der Waals surface area contributed by atoms with Crippen molar-refractivity contribution in [2.24, 2.45) is 0 Å². The third-order valence-corrected chi connectivity index (χ3v) is 3.76. The van der Waals surface area contributed by atoms with Gasteiger partial charge >= 0.3 is 5.97 Å². The minimum Gasteiger partial charge on any atom is -0.482 e. The molecule has 1 amide bonds. The van der Waals surface area contributed by atoms with Crippen molar-refractivity contribution in [3.05, 3.63) is 23.8 Å². The molecule has 0 spiro atoms. The Morgan fingerprint density at radius 1 is 1.27 bits per heavy atom. The van der Waals surface area contributed by atoms with Crippen molar-refractivity contribution < 1.29 is 19.1 Å². The molecular formula is C16H22N2O4. The minimum atomic E-state index is -0.465. The molecule has 1 saturated carbocycles. The van der Waals surface area contributed by atoms with Crippen molar-refractivity contribution >= 4 is 17.6 Å². The first-order valence-corrected chi connectivity index (χ1v) is 7.50. The summed E-state index contributed by atoms with van der Waals surface area (Å²) in [6, 6.07) is 4.84. The Bertz CT molecular complexity index is 539. The number of nitrogen functional groups attached to an aromatic ring is 1. The van der Waals surface area contributed by atoms with Gasteiger partial charge in [0.25, 0.3) is 5.91 Å². The third kappa shape index (κ3) is 4.38. The van der Waals surface area contributed by atoms with Gasteiger partial charge in [0, 0.05) is 6.04 Å². The summed E-state index contributed by atoms with van der Waals surface area (Å²) in [5.74, 6) is -0.233. The maximum atomic E-state index is 11.9. The zero-order valence-electron chi connectivity index (χ0n) is 12.8. The lowest BCUT2D eigenvalue weighted by Gasteiger charge is -2.22. The van der Waals surface area contributed by atoms with Crippen LogP contribution in [0, 0.1) is 0 Å². The monoisotopic (exact) mass is 306 g/mol. The largest absolute Gasteiger partial charge is 0.482 e. The van der Waals surface area contributed by atoms with Crippen molar-refractivity contribution in [2.45, 2.75) is 38.1 Å². The molecule has 2 rings (SSSR count). The van der Waals surface area contributed by atoms with Crippen LogP contribution in [0.2, 0.25) is 0 Å². The number of esters is 1. The molecule has 6 nitrogen and oxygen atoms in total. The van der Waals surface area contributed by atoms with Crippen molar-refractivity contribution in [1.82, 2.24) is 5.32 Å². The smallest absolute Gasteiger partial charge is 0.337 e. The van der Waals surface area contributed by atoms with E-state index in [1.165, 1.54) is 19.6 Å². The van der Waals surface area contributed by atoms with E-state index in [0.29, 0.717) is 17.0 Å². The van der Waals surface area contributed by atoms with Gasteiger partial charge in [0.1, 0.15) is 5.75 Å². The van der Waals surface area contributed by atoms with Gasteiger partial charge in [-0.3, -0.25) is 4.79 Å². The molecule has 3 N–H and O–H groups in total. The molecule has 0 saturated heterocycles. The number of hydrogen-bond acceptors (Lipinski definition) is 5. The van der Waals surface area contributed by atoms with Gasteiger partial charge in [-0.1, -0.05) is 19.3 Å². The van der Waals surface area contributed by atoms with Crippen LogP contribution in [-0.2, 0) is 9.53 Å². The Morgan fingerprint density at radius 3 is 2.64 bits per heavy atom. The SMILES string of the molecule is COC(=O)c1ccc(OCC(=O)NC2CCCCC2)c(N)c1. The number of carbonyl (C=O) groups excluding carboxylic acids is 2. The van der Waals surface area contributed by atoms with Gasteiger partial charge in [0.15, 0.2) is 6.61 Å². The van der Waals surface area contributed by atoms with E-state index < -0.39 is 5.97 Å². The minimum absolute atomic E-state index is 0.0850. The summed E-state index contributed by atoms with van der Waals surface area (Å²) in [6.45, 7) is -0.0850. The highest BCUT2D eigenvalue weighted by Crippen LogP contribution is 2.23. The summed E-state index contributed by atoms with van der Waals surface area (Å²) in [6.07, 6.45) is 5.62. The van der Waals surface area contributed by atoms with Crippen LogP contribution in [0.4, 0.5) is 5.69 Å². The number of methoxy groups -OCH3 is 1. The molecule has 0 heterocycles. The Kier molecular flexibility index (Phi) is 5.63. The highest BCUT2D eigenvalue weighted by atomic mass is 16.5. The Hall–Kier alpha value is -2.24. The molecular weight excluding hydrogens is 284 g/mol. The molecule has 0 radical (unpaired) electrons. The van der Waals surface area contributed by atoms with E-state index in [1.54, 1.807) is 12.1 Å². The van der Waals surface area contributed by atoms with Gasteiger partial charge in [0.05, 0.1) is 18.4 Å². The van der Waals surface area contributed by atoms with E-state index in [0.717, 1.165) is 25.7 Å². The van der Waals surface area contributed by atoms with E-state index in [1.807, 2.05) is 0 Å². The molecule has 0 aliphatic heterocycles. The molecule has 0 aromatic heterocycles. The van der Waals surface area contributed by atoms with Crippen molar-refractivity contribution in [2.75, 3.05) is 19.5 Å². The van der Waals surface area contributed by atoms with E-state index in [4.69, 9.17) is 10.5 Å². The van der Waals surface area contributed by atoms with Crippen LogP contribution in [-0.4, -0.2) is 31.6 Å². The zero-order valence-corrected chi connectivity index (χ0v) is 12.8. The molecule has 0 bridgehead atoms. The maximum absolute atomic E-state index is 11.9. The number of hydrogen-bond donors (Lipinski definition) is 2. The number of ether oxygens (including phenoxy) is 2. The Balaban J connectivity index is 1.85. The van der Waals surface area contributed by atoms with E-state index in [2.05, 4.69) is 10.1 Å². The molecule has 22 heavy (non-hydrogen) atoms. The number of amides is 1. The van der Waals surface area contributed by atoms with Gasteiger partial charge in [0.2, 0.25) is 0 Å². The second-order valence-corrected chi connectivity index (χ2v) is 5.44. The van der Waals surface area contributed by atoms with Crippen LogP contribution in [0.5, 0.6) is 5.75 Å². The Morgan fingerprint density at radius 2 is 2.00 bits per heavy atom. The summed E-state index contributed by atoms with van der Waals surface area (Å²) in [5.41, 5.74) is 6.47. The number of rotatable bonds is 5. The second kappa shape index (κ2) is 7.68. The highest BCUT2D eigenvalue weighted by Gasteiger charge is 2.16. The zero-order chi connectivity index (χ0) is 15.9. The van der Waals surface area contributed by atoms with Crippen LogP contribution in [0.25, 0.3) is 0 Å². The number of nitrogens with one attached hydrogen (secondary N) is 1. The quantitative estimate of drug-likeness (QED) is 0.640. The molecule has 0 atom stereocenters. The van der Waals surface area contributed by atoms with Gasteiger partial charge in [-0.05, 0) is 31.0 Å². The van der Waals surface area contributed by atoms with Crippen molar-refractivity contribution in [3.63, 3.8) is 0 Å². The first-order valence-electron chi connectivity index (χ1n) is 7.50. The van der Waals surface area contributed by atoms with Crippen LogP contribution in [0.3, 0.4) is 0 Å². The molecule has 6 heteroatoms. The van der Waals surface area contributed by atoms with Gasteiger partial charge in [-0.15, -0.1) is 0 Å². The maximum Gasteiger partial charge on any atom is 0.337 e. The number of anilines is 1. The van der Waals surface area contributed by atoms with Crippen LogP contribution < -0.4 is 15.8 Å². The summed E-state index contributed by atoms with van der Waals surface area (Å²) in [4.78, 5) is 23.2. The lowest BCUT2D eigenvalue weighted by Crippen LogP contribution is -2.39. The summed E-state index contributed by atoms with van der Waals surface area (Å²) in [5, 5.41) is 2.97. The molecule has 1 aromatic rings. The van der Waals surface area contributed by atoms with E-state index in [9.17, 15) is 9.59 Å². The molecule has 1 fully saturated rings. The predicted molar refractivity (Wildman–Crippen MR) is 82.7 cm³/mol. The first kappa shape index (κ1) is 16.1. The number of carbonyl (C=O) groups is 2. The van der Waals surface area contributed by atoms with Gasteiger partial charge < -0.3 is 20.5 Å². The van der Waals surface area contributed by atoms with Gasteiger partial charge in [-0.25, -0.2) is 4.79 Å². The lowest BCUT2D eigenvalue weighted by molar-refractivity contribution is -0.124. The second-order valence-electron chi connectivity index (χ2n) is 5.44. The predicted octanol–water partition coefficient (Wildman–Crippen LogP) is 1.88. The summed E-state index contributed by atoms with van der Waals surface area (Å²) < 4.78 is 10.0. The average Bonchev–Trinajstić information content (AvgIpc) is 2.53. The molecule has 0 unspecified atom stereocenters. The summed E-state index contributed by atoms with van der Waals surface area (Å²) >= 11 is 0. The average molecular weight is 306 g/mol. The molecule has 1 aliphatic carbocycles. The highest BCUT2D eigenvalue weighted by molar-refractivity contribution is 5.91. The topological polar surface area (TPSA) is 90.6 Å². The summed E-state index contributed by atoms with van der Waals surface area (Å²) in [7, 11) is 1.30. The van der Waals surface area contributed by atoms with Crippen LogP contribution in [0.1, 0.15) is 42.5 Å². The standard InChI is InChI=1S/C16H22N2O4/c1-21-16(20)11-7-8-14(13(17)9-11)22-10-15(19)18-12-5-3-2-4-6-12/h7-9,12H,2-6,10,17H2,1H3,(H,18,19). The number of benzene rings is 1. The Labute approximate surface area is 130 Å². The molecule has 120 valence electrons. The number of nitrogens with two attached hydrogens (primary N) is 1. The first-order chi connectivity index (χ1) is 10.6. The fourth-order valence-corrected chi connectivity index (χ4v) is 2.58. The lowest BCUT2D eigenvalue weighted by atomic mass is 9.95. The van der Waals surface area contributed by atoms with E-state index >= 15 is 0 Å². The fourth-order valence-electron chi connectivity index (χ4n) is 2.58. The van der Waals surface area contributed by atoms with Crippen molar-refractivity contribution in [1.29, 1.82) is 0 Å². The van der Waals surface area contributed by atoms with Crippen LogP contribution >= 0.6 is 0 Å².